The summed E-state index contributed by atoms with van der Waals surface area (Å²) in [6.07, 6.45) is 26.7. The van der Waals surface area contributed by atoms with E-state index in [2.05, 4.69) is 82.2 Å². The van der Waals surface area contributed by atoms with E-state index in [9.17, 15) is 0 Å². The van der Waals surface area contributed by atoms with Crippen molar-refractivity contribution in [2.45, 2.75) is 142 Å². The summed E-state index contributed by atoms with van der Waals surface area (Å²) >= 11 is 0. The van der Waals surface area contributed by atoms with Crippen LogP contribution in [0.25, 0.3) is 0 Å². The van der Waals surface area contributed by atoms with Crippen LogP contribution in [0.3, 0.4) is 0 Å². The largest absolute Gasteiger partial charge is 0.384 e. The molecule has 0 spiro atoms. The van der Waals surface area contributed by atoms with Crippen LogP contribution in [0, 0.1) is 0 Å². The molecule has 0 amide bonds. The smallest absolute Gasteiger partial charge is 0.125 e. The molecule has 0 aliphatic carbocycles. The van der Waals surface area contributed by atoms with Crippen molar-refractivity contribution in [1.82, 2.24) is 0 Å². The minimum Gasteiger partial charge on any atom is -0.384 e. The van der Waals surface area contributed by atoms with Crippen LogP contribution in [0.1, 0.15) is 153 Å². The van der Waals surface area contributed by atoms with E-state index in [1.165, 1.54) is 127 Å². The average Bonchev–Trinajstić information content (AvgIpc) is 3.13. The van der Waals surface area contributed by atoms with Gasteiger partial charge in [0.2, 0.25) is 0 Å². The van der Waals surface area contributed by atoms with Crippen molar-refractivity contribution in [2.75, 3.05) is 49.1 Å². The van der Waals surface area contributed by atoms with Crippen molar-refractivity contribution in [3.63, 3.8) is 0 Å². The van der Waals surface area contributed by atoms with Crippen LogP contribution in [-0.2, 0) is 0 Å². The molecule has 8 heteroatoms. The summed E-state index contributed by atoms with van der Waals surface area (Å²) in [6.45, 7) is 10.2. The summed E-state index contributed by atoms with van der Waals surface area (Å²) in [5.74, 6) is 1.32. The molecule has 0 radical (unpaired) electrons. The van der Waals surface area contributed by atoms with Gasteiger partial charge >= 0.3 is 0 Å². The molecule has 1 aliphatic rings. The molecule has 0 atom stereocenters. The summed E-state index contributed by atoms with van der Waals surface area (Å²) < 4.78 is 0. The Morgan fingerprint density at radius 1 is 0.440 bits per heavy atom. The molecule has 0 aromatic heterocycles. The fourth-order valence-electron chi connectivity index (χ4n) is 6.69. The number of piperazine rings is 1. The van der Waals surface area contributed by atoms with Gasteiger partial charge in [-0.3, -0.25) is 9.98 Å². The molecule has 1 heterocycles. The molecule has 0 saturated carbocycles. The van der Waals surface area contributed by atoms with Crippen LogP contribution in [0.15, 0.2) is 58.5 Å². The minimum absolute atomic E-state index is 0. The van der Waals surface area contributed by atoms with Crippen LogP contribution >= 0.6 is 24.8 Å². The maximum atomic E-state index is 6.34. The van der Waals surface area contributed by atoms with Crippen molar-refractivity contribution < 1.29 is 0 Å². The van der Waals surface area contributed by atoms with Gasteiger partial charge in [-0.05, 0) is 61.4 Å². The monoisotopic (exact) mass is 731 g/mol. The number of nitrogens with two attached hydrogens (primary N) is 2. The van der Waals surface area contributed by atoms with Crippen molar-refractivity contribution in [3.8, 4) is 0 Å². The number of unbranched alkanes of at least 4 members (excludes halogenated alkanes) is 18. The molecule has 0 bridgehead atoms. The average molecular weight is 732 g/mol. The lowest BCUT2D eigenvalue weighted by atomic mass is 10.1. The lowest BCUT2D eigenvalue weighted by molar-refractivity contribution is 0.558. The van der Waals surface area contributed by atoms with Crippen molar-refractivity contribution in [1.29, 1.82) is 0 Å². The molecule has 0 unspecified atom stereocenters. The van der Waals surface area contributed by atoms with Crippen LogP contribution in [0.4, 0.5) is 11.4 Å². The molecule has 2 aromatic rings. The molecule has 284 valence electrons. The number of nitrogens with zero attached hydrogens (tertiary/aromatic N) is 4. The van der Waals surface area contributed by atoms with Crippen LogP contribution in [0.2, 0.25) is 0 Å². The highest BCUT2D eigenvalue weighted by molar-refractivity contribution is 5.98. The third kappa shape index (κ3) is 18.7. The van der Waals surface area contributed by atoms with Gasteiger partial charge in [0.05, 0.1) is 0 Å². The van der Waals surface area contributed by atoms with E-state index in [0.717, 1.165) is 63.2 Å². The Bertz CT molecular complexity index is 1050. The maximum Gasteiger partial charge on any atom is 0.125 e. The molecule has 2 aromatic carbocycles. The Labute approximate surface area is 319 Å². The zero-order chi connectivity index (χ0) is 34.1. The first-order valence-corrected chi connectivity index (χ1v) is 19.9. The van der Waals surface area contributed by atoms with Crippen LogP contribution < -0.4 is 21.3 Å². The number of anilines is 2. The molecule has 3 rings (SSSR count). The maximum absolute atomic E-state index is 6.34. The molecule has 6 nitrogen and oxygen atoms in total. The third-order valence-corrected chi connectivity index (χ3v) is 9.92. The number of benzene rings is 2. The Kier molecular flexibility index (Phi) is 26.6. The standard InChI is InChI=1S/C42H70N6.2ClH/c1-3-5-7-9-11-13-15-17-19-21-31-45-41(43)37-23-27-39(28-24-37)47-33-35-48(36-34-47)40-29-25-38(26-30-40)42(44)46-32-22-20-18-16-14-12-10-8-6-4-2;;/h23-30H,3-22,31-36H2,1-2H3,(H2,43,45)(H2,44,46);2*1H. The highest BCUT2D eigenvalue weighted by Crippen LogP contribution is 2.22. The first kappa shape index (κ1) is 45.6. The summed E-state index contributed by atoms with van der Waals surface area (Å²) in [5, 5.41) is 0. The summed E-state index contributed by atoms with van der Waals surface area (Å²) in [7, 11) is 0. The minimum atomic E-state index is 0. The molecular weight excluding hydrogens is 659 g/mol. The topological polar surface area (TPSA) is 83.2 Å². The lowest BCUT2D eigenvalue weighted by Gasteiger charge is -2.37. The van der Waals surface area contributed by atoms with E-state index in [1.54, 1.807) is 0 Å². The second-order valence-corrected chi connectivity index (χ2v) is 14.0. The number of aliphatic imine (C=N–C) groups is 2. The van der Waals surface area contributed by atoms with Crippen LogP contribution in [-0.4, -0.2) is 50.9 Å². The third-order valence-electron chi connectivity index (χ3n) is 9.92. The number of amidine groups is 2. The fraction of sp³-hybridized carbons (Fsp3) is 0.667. The van der Waals surface area contributed by atoms with Gasteiger partial charge in [0, 0.05) is 61.8 Å². The van der Waals surface area contributed by atoms with Crippen molar-refractivity contribution in [3.05, 3.63) is 59.7 Å². The molecule has 4 N–H and O–H groups in total. The van der Waals surface area contributed by atoms with Gasteiger partial charge in [0.25, 0.3) is 0 Å². The van der Waals surface area contributed by atoms with Gasteiger partial charge in [-0.15, -0.1) is 24.8 Å². The van der Waals surface area contributed by atoms with E-state index >= 15 is 0 Å². The van der Waals surface area contributed by atoms with Crippen LogP contribution in [0.5, 0.6) is 0 Å². The van der Waals surface area contributed by atoms with E-state index in [-0.39, 0.29) is 24.8 Å². The normalized spacial score (nSPS) is 13.6. The predicted octanol–water partition coefficient (Wildman–Crippen LogP) is 11.1. The van der Waals surface area contributed by atoms with Gasteiger partial charge in [0.1, 0.15) is 11.7 Å². The van der Waals surface area contributed by atoms with Gasteiger partial charge in [-0.1, -0.05) is 129 Å². The highest BCUT2D eigenvalue weighted by Gasteiger charge is 2.18. The zero-order valence-electron chi connectivity index (χ0n) is 31.8. The number of halogens is 2. The van der Waals surface area contributed by atoms with Gasteiger partial charge in [0.15, 0.2) is 0 Å². The summed E-state index contributed by atoms with van der Waals surface area (Å²) in [6, 6.07) is 17.3. The Balaban J connectivity index is 0.00000625. The number of hydrogen-bond donors (Lipinski definition) is 2. The fourth-order valence-corrected chi connectivity index (χ4v) is 6.69. The summed E-state index contributed by atoms with van der Waals surface area (Å²) in [4.78, 5) is 14.3. The number of hydrogen-bond acceptors (Lipinski definition) is 4. The lowest BCUT2D eigenvalue weighted by Crippen LogP contribution is -2.46. The second-order valence-electron chi connectivity index (χ2n) is 14.0. The Morgan fingerprint density at radius 2 is 0.700 bits per heavy atom. The quantitative estimate of drug-likeness (QED) is 0.0573. The first-order chi connectivity index (χ1) is 23.6. The van der Waals surface area contributed by atoms with E-state index < -0.39 is 0 Å². The molecule has 1 fully saturated rings. The van der Waals surface area contributed by atoms with Gasteiger partial charge < -0.3 is 21.3 Å². The second kappa shape index (κ2) is 29.2. The van der Waals surface area contributed by atoms with E-state index in [0.29, 0.717) is 11.7 Å². The highest BCUT2D eigenvalue weighted by atomic mass is 35.5. The zero-order valence-corrected chi connectivity index (χ0v) is 33.4. The van der Waals surface area contributed by atoms with E-state index in [4.69, 9.17) is 11.5 Å². The van der Waals surface area contributed by atoms with Gasteiger partial charge in [-0.2, -0.15) is 0 Å². The Morgan fingerprint density at radius 3 is 0.980 bits per heavy atom. The Hall–Kier alpha value is -2.44. The van der Waals surface area contributed by atoms with Crippen molar-refractivity contribution >= 4 is 47.9 Å². The van der Waals surface area contributed by atoms with E-state index in [1.807, 2.05) is 0 Å². The number of rotatable bonds is 26. The SMILES string of the molecule is CCCCCCCCCCCCN=C(N)c1ccc(N2CCN(c3ccc(C(N)=NCCCCCCCCCCCC)cc3)CC2)cc1.Cl.Cl. The first-order valence-electron chi connectivity index (χ1n) is 19.9. The molecule has 50 heavy (non-hydrogen) atoms. The summed E-state index contributed by atoms with van der Waals surface area (Å²) in [5.41, 5.74) is 17.2. The molecule has 1 aliphatic heterocycles. The van der Waals surface area contributed by atoms with Gasteiger partial charge in [-0.25, -0.2) is 0 Å². The predicted molar refractivity (Wildman–Crippen MR) is 227 cm³/mol. The molecular formula is C42H72Cl2N6. The molecule has 1 saturated heterocycles. The van der Waals surface area contributed by atoms with Crippen molar-refractivity contribution in [2.24, 2.45) is 21.5 Å².